The summed E-state index contributed by atoms with van der Waals surface area (Å²) in [5, 5.41) is 6.62. The first kappa shape index (κ1) is 14.8. The van der Waals surface area contributed by atoms with E-state index >= 15 is 0 Å². The molecule has 0 fully saturated rings. The molecule has 0 radical (unpaired) electrons. The van der Waals surface area contributed by atoms with E-state index in [9.17, 15) is 4.79 Å². The third-order valence-electron chi connectivity index (χ3n) is 2.18. The molecule has 0 atom stereocenters. The molecule has 0 aliphatic carbocycles. The van der Waals surface area contributed by atoms with Gasteiger partial charge in [-0.15, -0.1) is 11.3 Å². The molecule has 0 unspecified atom stereocenters. The Bertz CT molecular complexity index is 615. The van der Waals surface area contributed by atoms with Crippen molar-refractivity contribution in [2.24, 2.45) is 5.10 Å². The molecular weight excluding hydrogens is 319 g/mol. The molecule has 4 nitrogen and oxygen atoms in total. The molecule has 0 bridgehead atoms. The number of ether oxygens (including phenoxy) is 1. The number of carbonyl (C=O) groups is 1. The number of rotatable bonds is 5. The first-order chi connectivity index (χ1) is 9.65. The van der Waals surface area contributed by atoms with Gasteiger partial charge in [0.2, 0.25) is 0 Å². The van der Waals surface area contributed by atoms with Crippen LogP contribution in [0, 0.1) is 0 Å². The van der Waals surface area contributed by atoms with Crippen molar-refractivity contribution in [3.8, 4) is 5.75 Å². The number of carbonyl (C=O) groups excluding carboxylic acids is 1. The van der Waals surface area contributed by atoms with Crippen LogP contribution in [0.2, 0.25) is 10.0 Å². The zero-order valence-corrected chi connectivity index (χ0v) is 12.5. The van der Waals surface area contributed by atoms with Crippen LogP contribution in [0.15, 0.2) is 40.8 Å². The lowest BCUT2D eigenvalue weighted by atomic mass is 10.3. The Labute approximate surface area is 130 Å². The Kier molecular flexibility index (Phi) is 5.40. The molecule has 1 aromatic carbocycles. The van der Waals surface area contributed by atoms with E-state index in [1.165, 1.54) is 11.3 Å². The predicted octanol–water partition coefficient (Wildman–Crippen LogP) is 3.58. The maximum absolute atomic E-state index is 11.5. The van der Waals surface area contributed by atoms with Crippen molar-refractivity contribution in [3.05, 3.63) is 50.6 Å². The molecule has 1 aromatic heterocycles. The van der Waals surface area contributed by atoms with Crippen LogP contribution in [-0.2, 0) is 4.79 Å². The SMILES string of the molecule is O=C(COc1cc(Cl)ccc1Cl)N/N=C/c1cccs1. The fourth-order valence-electron chi connectivity index (χ4n) is 1.30. The zero-order chi connectivity index (χ0) is 14.4. The molecule has 0 aliphatic rings. The van der Waals surface area contributed by atoms with Crippen LogP contribution in [-0.4, -0.2) is 18.7 Å². The predicted molar refractivity (Wildman–Crippen MR) is 82.0 cm³/mol. The number of amides is 1. The van der Waals surface area contributed by atoms with Gasteiger partial charge in [-0.05, 0) is 23.6 Å². The van der Waals surface area contributed by atoms with Crippen molar-refractivity contribution in [1.29, 1.82) is 0 Å². The minimum absolute atomic E-state index is 0.193. The van der Waals surface area contributed by atoms with E-state index in [2.05, 4.69) is 10.5 Å². The van der Waals surface area contributed by atoms with Crippen LogP contribution < -0.4 is 10.2 Å². The molecule has 2 aromatic rings. The number of hydrogen-bond donors (Lipinski definition) is 1. The first-order valence-corrected chi connectivity index (χ1v) is 7.22. The van der Waals surface area contributed by atoms with Crippen molar-refractivity contribution in [2.45, 2.75) is 0 Å². The lowest BCUT2D eigenvalue weighted by Crippen LogP contribution is -2.24. The molecule has 2 rings (SSSR count). The van der Waals surface area contributed by atoms with E-state index in [1.807, 2.05) is 17.5 Å². The van der Waals surface area contributed by atoms with E-state index in [1.54, 1.807) is 24.4 Å². The zero-order valence-electron chi connectivity index (χ0n) is 10.2. The summed E-state index contributed by atoms with van der Waals surface area (Å²) in [6, 6.07) is 8.58. The van der Waals surface area contributed by atoms with Crippen LogP contribution in [0.1, 0.15) is 4.88 Å². The highest BCUT2D eigenvalue weighted by Crippen LogP contribution is 2.27. The van der Waals surface area contributed by atoms with Crippen molar-refractivity contribution in [1.82, 2.24) is 5.43 Å². The summed E-state index contributed by atoms with van der Waals surface area (Å²) in [6.07, 6.45) is 1.56. The number of thiophene rings is 1. The summed E-state index contributed by atoms with van der Waals surface area (Å²) >= 11 is 13.2. The number of halogens is 2. The maximum Gasteiger partial charge on any atom is 0.277 e. The number of hydrazone groups is 1. The van der Waals surface area contributed by atoms with Crippen LogP contribution in [0.4, 0.5) is 0 Å². The van der Waals surface area contributed by atoms with Gasteiger partial charge in [0, 0.05) is 16.0 Å². The molecular formula is C13H10Cl2N2O2S. The molecule has 20 heavy (non-hydrogen) atoms. The summed E-state index contributed by atoms with van der Waals surface area (Å²) < 4.78 is 5.27. The van der Waals surface area contributed by atoms with Gasteiger partial charge in [0.25, 0.3) is 5.91 Å². The molecule has 0 saturated carbocycles. The Morgan fingerprint density at radius 3 is 3.00 bits per heavy atom. The fraction of sp³-hybridized carbons (Fsp3) is 0.0769. The van der Waals surface area contributed by atoms with E-state index < -0.39 is 0 Å². The van der Waals surface area contributed by atoms with Gasteiger partial charge in [0.05, 0.1) is 11.2 Å². The normalized spacial score (nSPS) is 10.7. The second-order valence-corrected chi connectivity index (χ2v) is 5.49. The number of benzene rings is 1. The third-order valence-corrected chi connectivity index (χ3v) is 3.53. The minimum atomic E-state index is -0.381. The van der Waals surface area contributed by atoms with Crippen LogP contribution in [0.5, 0.6) is 5.75 Å². The molecule has 104 valence electrons. The largest absolute Gasteiger partial charge is 0.482 e. The quantitative estimate of drug-likeness (QED) is 0.673. The molecule has 1 N–H and O–H groups in total. The molecule has 0 spiro atoms. The standard InChI is InChI=1S/C13H10Cl2N2O2S/c14-9-3-4-11(15)12(6-9)19-8-13(18)17-16-7-10-2-1-5-20-10/h1-7H,8H2,(H,17,18)/b16-7+. The van der Waals surface area contributed by atoms with Crippen LogP contribution in [0.3, 0.4) is 0 Å². The van der Waals surface area contributed by atoms with Gasteiger partial charge in [-0.3, -0.25) is 4.79 Å². The Hall–Kier alpha value is -1.56. The van der Waals surface area contributed by atoms with E-state index in [0.29, 0.717) is 15.8 Å². The second-order valence-electron chi connectivity index (χ2n) is 3.67. The average molecular weight is 329 g/mol. The molecule has 0 saturated heterocycles. The lowest BCUT2D eigenvalue weighted by molar-refractivity contribution is -0.123. The van der Waals surface area contributed by atoms with Gasteiger partial charge in [-0.2, -0.15) is 5.10 Å². The topological polar surface area (TPSA) is 50.7 Å². The highest BCUT2D eigenvalue weighted by Gasteiger charge is 2.05. The van der Waals surface area contributed by atoms with E-state index in [-0.39, 0.29) is 12.5 Å². The molecule has 7 heteroatoms. The summed E-state index contributed by atoms with van der Waals surface area (Å²) in [4.78, 5) is 12.5. The third kappa shape index (κ3) is 4.52. The maximum atomic E-state index is 11.5. The number of nitrogens with one attached hydrogen (secondary N) is 1. The Balaban J connectivity index is 1.82. The molecule has 0 aliphatic heterocycles. The van der Waals surface area contributed by atoms with Gasteiger partial charge in [0.1, 0.15) is 5.75 Å². The lowest BCUT2D eigenvalue weighted by Gasteiger charge is -2.07. The van der Waals surface area contributed by atoms with E-state index in [0.717, 1.165) is 4.88 Å². The van der Waals surface area contributed by atoms with E-state index in [4.69, 9.17) is 27.9 Å². The summed E-state index contributed by atoms with van der Waals surface area (Å²) in [5.41, 5.74) is 2.36. The Morgan fingerprint density at radius 2 is 2.25 bits per heavy atom. The van der Waals surface area contributed by atoms with Gasteiger partial charge in [-0.25, -0.2) is 5.43 Å². The summed E-state index contributed by atoms with van der Waals surface area (Å²) in [5.74, 6) is -0.0228. The van der Waals surface area contributed by atoms with Gasteiger partial charge < -0.3 is 4.74 Å². The van der Waals surface area contributed by atoms with Gasteiger partial charge in [0.15, 0.2) is 6.61 Å². The van der Waals surface area contributed by atoms with Crippen molar-refractivity contribution in [3.63, 3.8) is 0 Å². The van der Waals surface area contributed by atoms with Crippen molar-refractivity contribution >= 4 is 46.7 Å². The highest BCUT2D eigenvalue weighted by molar-refractivity contribution is 7.11. The van der Waals surface area contributed by atoms with Crippen molar-refractivity contribution < 1.29 is 9.53 Å². The summed E-state index contributed by atoms with van der Waals surface area (Å²) in [7, 11) is 0. The van der Waals surface area contributed by atoms with Crippen LogP contribution >= 0.6 is 34.5 Å². The molecule has 1 amide bonds. The first-order valence-electron chi connectivity index (χ1n) is 5.58. The minimum Gasteiger partial charge on any atom is -0.482 e. The van der Waals surface area contributed by atoms with Gasteiger partial charge in [-0.1, -0.05) is 29.3 Å². The van der Waals surface area contributed by atoms with Gasteiger partial charge >= 0.3 is 0 Å². The smallest absolute Gasteiger partial charge is 0.277 e. The van der Waals surface area contributed by atoms with Crippen molar-refractivity contribution in [2.75, 3.05) is 6.61 Å². The number of nitrogens with zero attached hydrogens (tertiary/aromatic N) is 1. The Morgan fingerprint density at radius 1 is 1.40 bits per heavy atom. The molecule has 1 heterocycles. The number of hydrogen-bond acceptors (Lipinski definition) is 4. The highest BCUT2D eigenvalue weighted by atomic mass is 35.5. The average Bonchev–Trinajstić information content (AvgIpc) is 2.93. The fourth-order valence-corrected chi connectivity index (χ4v) is 2.22. The second kappa shape index (κ2) is 7.28. The van der Waals surface area contributed by atoms with Crippen LogP contribution in [0.25, 0.3) is 0 Å². The monoisotopic (exact) mass is 328 g/mol. The summed E-state index contributed by atoms with van der Waals surface area (Å²) in [6.45, 7) is -0.193.